The zero-order valence-corrected chi connectivity index (χ0v) is 28.9. The Bertz CT molecular complexity index is 2320. The molecule has 5 aromatic heterocycles. The fraction of sp³-hybridized carbons (Fsp3) is 0.286. The van der Waals surface area contributed by atoms with Crippen molar-refractivity contribution < 1.29 is 0 Å². The predicted molar refractivity (Wildman–Crippen MR) is 199 cm³/mol. The van der Waals surface area contributed by atoms with Crippen molar-refractivity contribution in [1.29, 1.82) is 0 Å². The zero-order chi connectivity index (χ0) is 32.5. The minimum atomic E-state index is -0.129. The molecule has 0 N–H and O–H groups in total. The molecule has 9 nitrogen and oxygen atoms in total. The summed E-state index contributed by atoms with van der Waals surface area (Å²) in [6.07, 6.45) is 6.47. The molecule has 0 atom stereocenters. The van der Waals surface area contributed by atoms with E-state index in [0.717, 1.165) is 85.5 Å². The van der Waals surface area contributed by atoms with Gasteiger partial charge >= 0.3 is 0 Å². The summed E-state index contributed by atoms with van der Waals surface area (Å²) in [6, 6.07) is 16.7. The van der Waals surface area contributed by atoms with E-state index in [4.69, 9.17) is 38.2 Å². The van der Waals surface area contributed by atoms with Gasteiger partial charge < -0.3 is 9.80 Å². The fourth-order valence-electron chi connectivity index (χ4n) is 6.94. The van der Waals surface area contributed by atoms with E-state index in [1.165, 1.54) is 22.7 Å². The van der Waals surface area contributed by atoms with Crippen molar-refractivity contribution in [2.24, 2.45) is 0 Å². The molecule has 242 valence electrons. The number of hydrogen-bond acceptors (Lipinski definition) is 9. The Hall–Kier alpha value is -4.03. The Kier molecular flexibility index (Phi) is 7.41. The molecule has 2 aliphatic heterocycles. The van der Waals surface area contributed by atoms with Gasteiger partial charge in [0.2, 0.25) is 11.9 Å². The lowest BCUT2D eigenvalue weighted by Crippen LogP contribution is -2.35. The SMILES string of the molecule is O=c1c2sc3cc4sc5c(=O)n(-c6ccc(Cl)cc6)c(N6CCCCC6)nc5c4nc3c2nc(N2CCCCC2)n1-c1ccc(Cl)cc1. The first kappa shape index (κ1) is 30.1. The van der Waals surface area contributed by atoms with E-state index >= 15 is 0 Å². The number of fused-ring (bicyclic) bond motifs is 6. The molecule has 13 heteroatoms. The van der Waals surface area contributed by atoms with Crippen molar-refractivity contribution in [2.75, 3.05) is 36.0 Å². The van der Waals surface area contributed by atoms with Gasteiger partial charge in [-0.25, -0.2) is 24.1 Å². The highest BCUT2D eigenvalue weighted by atomic mass is 35.5. The molecule has 0 spiro atoms. The van der Waals surface area contributed by atoms with E-state index in [1.54, 1.807) is 33.4 Å². The number of piperidine rings is 2. The molecule has 0 unspecified atom stereocenters. The second kappa shape index (κ2) is 11.8. The van der Waals surface area contributed by atoms with Gasteiger partial charge in [-0.05, 0) is 93.1 Å². The van der Waals surface area contributed by atoms with E-state index in [-0.39, 0.29) is 11.1 Å². The van der Waals surface area contributed by atoms with Crippen molar-refractivity contribution >= 4 is 98.6 Å². The third kappa shape index (κ3) is 4.89. The van der Waals surface area contributed by atoms with E-state index in [2.05, 4.69) is 9.80 Å². The second-order valence-electron chi connectivity index (χ2n) is 12.4. The van der Waals surface area contributed by atoms with Crippen LogP contribution >= 0.6 is 45.9 Å². The number of halogens is 2. The van der Waals surface area contributed by atoms with Gasteiger partial charge in [-0.15, -0.1) is 22.7 Å². The van der Waals surface area contributed by atoms with Crippen molar-refractivity contribution in [1.82, 2.24) is 24.1 Å². The monoisotopic (exact) mass is 713 g/mol. The number of nitrogens with zero attached hydrogens (tertiary/aromatic N) is 7. The minimum Gasteiger partial charge on any atom is -0.342 e. The summed E-state index contributed by atoms with van der Waals surface area (Å²) >= 11 is 15.2. The van der Waals surface area contributed by atoms with E-state index in [1.807, 2.05) is 30.3 Å². The van der Waals surface area contributed by atoms with E-state index in [0.29, 0.717) is 53.4 Å². The lowest BCUT2D eigenvalue weighted by atomic mass is 10.1. The highest BCUT2D eigenvalue weighted by Gasteiger charge is 2.26. The van der Waals surface area contributed by atoms with Crippen LogP contribution < -0.4 is 20.9 Å². The van der Waals surface area contributed by atoms with Gasteiger partial charge in [-0.3, -0.25) is 9.59 Å². The first-order valence-corrected chi connectivity index (χ1v) is 18.6. The van der Waals surface area contributed by atoms with Crippen LogP contribution in [0.2, 0.25) is 10.0 Å². The standard InChI is InChI=1S/C35H29Cl2N7O2S2/c36-20-7-11-22(12-8-20)43-32(45)30-28(39-34(43)41-15-3-1-4-16-41)26-24(47-30)19-25-27(38-26)29-31(48-25)33(46)44(23-13-9-21(37)10-14-23)35(40-29)42-17-5-2-6-18-42/h7-14,19H,1-6,15-18H2. The van der Waals surface area contributed by atoms with Gasteiger partial charge in [0.15, 0.2) is 0 Å². The minimum absolute atomic E-state index is 0.129. The summed E-state index contributed by atoms with van der Waals surface area (Å²) in [4.78, 5) is 48.6. The zero-order valence-electron chi connectivity index (χ0n) is 25.8. The van der Waals surface area contributed by atoms with Crippen LogP contribution in [0.15, 0.2) is 64.2 Å². The number of anilines is 2. The average molecular weight is 715 g/mol. The lowest BCUT2D eigenvalue weighted by molar-refractivity contribution is 0.563. The van der Waals surface area contributed by atoms with Crippen LogP contribution in [0.25, 0.3) is 52.2 Å². The maximum Gasteiger partial charge on any atom is 0.277 e. The summed E-state index contributed by atoms with van der Waals surface area (Å²) in [5.41, 5.74) is 3.67. The Morgan fingerprint density at radius 3 is 1.31 bits per heavy atom. The predicted octanol–water partition coefficient (Wildman–Crippen LogP) is 8.20. The van der Waals surface area contributed by atoms with Crippen LogP contribution in [-0.4, -0.2) is 50.3 Å². The molecule has 0 saturated carbocycles. The lowest BCUT2D eigenvalue weighted by Gasteiger charge is -2.29. The van der Waals surface area contributed by atoms with Crippen LogP contribution in [0.4, 0.5) is 11.9 Å². The normalized spacial score (nSPS) is 15.8. The quantitative estimate of drug-likeness (QED) is 0.182. The second-order valence-corrected chi connectivity index (χ2v) is 15.4. The molecule has 0 amide bonds. The van der Waals surface area contributed by atoms with Crippen LogP contribution in [0, 0.1) is 0 Å². The van der Waals surface area contributed by atoms with Crippen LogP contribution in [-0.2, 0) is 0 Å². The Morgan fingerprint density at radius 2 is 0.917 bits per heavy atom. The molecule has 0 radical (unpaired) electrons. The average Bonchev–Trinajstić information content (AvgIpc) is 3.67. The summed E-state index contributed by atoms with van der Waals surface area (Å²) < 4.78 is 6.21. The number of pyridine rings is 1. The summed E-state index contributed by atoms with van der Waals surface area (Å²) in [5.74, 6) is 1.23. The molecule has 7 aromatic rings. The number of hydrogen-bond donors (Lipinski definition) is 0. The highest BCUT2D eigenvalue weighted by molar-refractivity contribution is 7.27. The molecule has 2 aliphatic rings. The number of aromatic nitrogens is 5. The van der Waals surface area contributed by atoms with Gasteiger partial charge in [0.1, 0.15) is 31.5 Å². The first-order valence-electron chi connectivity index (χ1n) is 16.2. The molecule has 2 fully saturated rings. The number of benzene rings is 2. The maximum atomic E-state index is 14.3. The van der Waals surface area contributed by atoms with Crippen molar-refractivity contribution in [3.63, 3.8) is 0 Å². The molecular formula is C35H29Cl2N7O2S2. The summed E-state index contributed by atoms with van der Waals surface area (Å²) in [7, 11) is 0. The third-order valence-corrected chi connectivity index (χ3v) is 12.0. The fourth-order valence-corrected chi connectivity index (χ4v) is 9.38. The van der Waals surface area contributed by atoms with Gasteiger partial charge in [-0.2, -0.15) is 0 Å². The van der Waals surface area contributed by atoms with Gasteiger partial charge in [-0.1, -0.05) is 23.2 Å². The van der Waals surface area contributed by atoms with E-state index < -0.39 is 0 Å². The van der Waals surface area contributed by atoms with Crippen molar-refractivity contribution in [3.05, 3.63) is 85.4 Å². The van der Waals surface area contributed by atoms with Gasteiger partial charge in [0, 0.05) is 36.2 Å². The molecule has 48 heavy (non-hydrogen) atoms. The van der Waals surface area contributed by atoms with Crippen molar-refractivity contribution in [2.45, 2.75) is 38.5 Å². The molecule has 0 aliphatic carbocycles. The highest BCUT2D eigenvalue weighted by Crippen LogP contribution is 2.39. The maximum absolute atomic E-state index is 14.3. The summed E-state index contributed by atoms with van der Waals surface area (Å²) in [6.45, 7) is 3.29. The smallest absolute Gasteiger partial charge is 0.277 e. The van der Waals surface area contributed by atoms with Crippen LogP contribution in [0.5, 0.6) is 0 Å². The molecule has 2 saturated heterocycles. The molecular weight excluding hydrogens is 685 g/mol. The molecule has 7 heterocycles. The molecule has 0 bridgehead atoms. The summed E-state index contributed by atoms with van der Waals surface area (Å²) in [5, 5.41) is 1.21. The Labute approximate surface area is 292 Å². The van der Waals surface area contributed by atoms with Crippen molar-refractivity contribution in [3.8, 4) is 11.4 Å². The number of thiophene rings is 2. The topological polar surface area (TPSA) is 89.2 Å². The van der Waals surface area contributed by atoms with E-state index in [9.17, 15) is 9.59 Å². The van der Waals surface area contributed by atoms with Crippen LogP contribution in [0.3, 0.4) is 0 Å². The van der Waals surface area contributed by atoms with Gasteiger partial charge in [0.25, 0.3) is 11.1 Å². The largest absolute Gasteiger partial charge is 0.342 e. The van der Waals surface area contributed by atoms with Gasteiger partial charge in [0.05, 0.1) is 20.8 Å². The Morgan fingerprint density at radius 1 is 0.521 bits per heavy atom. The van der Waals surface area contributed by atoms with Crippen LogP contribution in [0.1, 0.15) is 38.5 Å². The molecule has 9 rings (SSSR count). The third-order valence-electron chi connectivity index (χ3n) is 9.32. The number of rotatable bonds is 4. The molecule has 2 aromatic carbocycles. The Balaban J connectivity index is 1.30. The first-order chi connectivity index (χ1) is 23.4.